The summed E-state index contributed by atoms with van der Waals surface area (Å²) in [7, 11) is 0. The summed E-state index contributed by atoms with van der Waals surface area (Å²) in [4.78, 5) is 15.0. The van der Waals surface area contributed by atoms with Gasteiger partial charge in [0, 0.05) is 21.9 Å². The average Bonchev–Trinajstić information content (AvgIpc) is 3.46. The Labute approximate surface area is 253 Å². The highest BCUT2D eigenvalue weighted by Gasteiger charge is 2.22. The summed E-state index contributed by atoms with van der Waals surface area (Å²) in [6.07, 6.45) is 0. The molecule has 0 N–H and O–H groups in total. The first-order chi connectivity index (χ1) is 21.5. The standard InChI is InChI=1S/C38H23N5O/c1-23(2)27-11-8-12-28(20-27)37-41-36(26-9-4-3-5-10-26)42-38(43-37)34-30(29-18-24(21-39)17-25(19-29)22-40)15-16-32-31-13-6-7-14-33(31)44-35(32)34/h3-20H,1H2,2H3. The number of aromatic nitrogens is 3. The fourth-order valence-corrected chi connectivity index (χ4v) is 5.42. The Morgan fingerprint density at radius 3 is 2.02 bits per heavy atom. The van der Waals surface area contributed by atoms with Crippen LogP contribution < -0.4 is 0 Å². The molecule has 0 aliphatic carbocycles. The van der Waals surface area contributed by atoms with E-state index in [1.807, 2.05) is 97.9 Å². The molecule has 0 fully saturated rings. The lowest BCUT2D eigenvalue weighted by atomic mass is 9.94. The van der Waals surface area contributed by atoms with Crippen LogP contribution in [0.2, 0.25) is 0 Å². The maximum Gasteiger partial charge on any atom is 0.168 e. The van der Waals surface area contributed by atoms with E-state index >= 15 is 0 Å². The van der Waals surface area contributed by atoms with Crippen LogP contribution in [0.15, 0.2) is 120 Å². The number of hydrogen-bond donors (Lipinski definition) is 0. The van der Waals surface area contributed by atoms with Crippen molar-refractivity contribution in [1.29, 1.82) is 10.5 Å². The Balaban J connectivity index is 1.59. The van der Waals surface area contributed by atoms with Crippen LogP contribution in [0.25, 0.3) is 72.8 Å². The number of allylic oxidation sites excluding steroid dienone is 1. The van der Waals surface area contributed by atoms with Crippen molar-refractivity contribution < 1.29 is 4.42 Å². The van der Waals surface area contributed by atoms with Gasteiger partial charge < -0.3 is 4.42 Å². The van der Waals surface area contributed by atoms with Crippen LogP contribution in [0, 0.1) is 22.7 Å². The Bertz CT molecular complexity index is 2310. The van der Waals surface area contributed by atoms with Gasteiger partial charge in [-0.2, -0.15) is 10.5 Å². The van der Waals surface area contributed by atoms with Gasteiger partial charge in [0.1, 0.15) is 11.2 Å². The number of benzene rings is 5. The second-order valence-electron chi connectivity index (χ2n) is 10.5. The van der Waals surface area contributed by atoms with Crippen molar-refractivity contribution in [3.05, 3.63) is 132 Å². The normalized spacial score (nSPS) is 10.9. The van der Waals surface area contributed by atoms with Gasteiger partial charge in [-0.25, -0.2) is 15.0 Å². The molecule has 6 heteroatoms. The van der Waals surface area contributed by atoms with Crippen LogP contribution in [-0.2, 0) is 0 Å². The second kappa shape index (κ2) is 10.8. The number of nitriles is 2. The molecule has 0 aliphatic heterocycles. The van der Waals surface area contributed by atoms with Crippen LogP contribution in [0.3, 0.4) is 0 Å². The predicted molar refractivity (Wildman–Crippen MR) is 173 cm³/mol. The predicted octanol–water partition coefficient (Wildman–Crippen LogP) is 9.22. The molecule has 2 aromatic heterocycles. The molecule has 0 saturated carbocycles. The van der Waals surface area contributed by atoms with Crippen molar-refractivity contribution in [3.8, 4) is 57.4 Å². The first kappa shape index (κ1) is 26.5. The van der Waals surface area contributed by atoms with Gasteiger partial charge in [-0.1, -0.05) is 84.9 Å². The van der Waals surface area contributed by atoms with Gasteiger partial charge in [0.15, 0.2) is 17.5 Å². The quantitative estimate of drug-likeness (QED) is 0.206. The molecule has 7 rings (SSSR count). The summed E-state index contributed by atoms with van der Waals surface area (Å²) in [5, 5.41) is 21.4. The molecule has 0 unspecified atom stereocenters. The molecule has 0 saturated heterocycles. The molecule has 0 aliphatic rings. The zero-order chi connectivity index (χ0) is 30.2. The topological polar surface area (TPSA) is 99.4 Å². The average molecular weight is 566 g/mol. The van der Waals surface area contributed by atoms with Crippen LogP contribution in [0.4, 0.5) is 0 Å². The van der Waals surface area contributed by atoms with Gasteiger partial charge in [0.2, 0.25) is 0 Å². The first-order valence-corrected chi connectivity index (χ1v) is 14.0. The molecule has 0 bridgehead atoms. The smallest absolute Gasteiger partial charge is 0.168 e. The highest BCUT2D eigenvalue weighted by atomic mass is 16.3. The second-order valence-corrected chi connectivity index (χ2v) is 10.5. The van der Waals surface area contributed by atoms with E-state index in [2.05, 4.69) is 18.7 Å². The minimum absolute atomic E-state index is 0.382. The minimum Gasteiger partial charge on any atom is -0.455 e. The number of hydrogen-bond acceptors (Lipinski definition) is 6. The van der Waals surface area contributed by atoms with Gasteiger partial charge in [0.05, 0.1) is 28.8 Å². The first-order valence-electron chi connectivity index (χ1n) is 14.0. The molecule has 206 valence electrons. The summed E-state index contributed by atoms with van der Waals surface area (Å²) < 4.78 is 6.51. The van der Waals surface area contributed by atoms with E-state index in [4.69, 9.17) is 19.4 Å². The molecule has 5 aromatic carbocycles. The van der Waals surface area contributed by atoms with Crippen molar-refractivity contribution in [2.45, 2.75) is 6.92 Å². The summed E-state index contributed by atoms with van der Waals surface area (Å²) >= 11 is 0. The molecule has 0 atom stereocenters. The lowest BCUT2D eigenvalue weighted by Crippen LogP contribution is -2.02. The number of fused-ring (bicyclic) bond motifs is 3. The monoisotopic (exact) mass is 565 g/mol. The van der Waals surface area contributed by atoms with Gasteiger partial charge in [-0.3, -0.25) is 0 Å². The molecule has 6 nitrogen and oxygen atoms in total. The van der Waals surface area contributed by atoms with Crippen LogP contribution in [0.5, 0.6) is 0 Å². The lowest BCUT2D eigenvalue weighted by Gasteiger charge is -2.13. The van der Waals surface area contributed by atoms with Crippen LogP contribution in [0.1, 0.15) is 23.6 Å². The Hall–Kier alpha value is -6.37. The van der Waals surface area contributed by atoms with E-state index in [1.165, 1.54) is 0 Å². The highest BCUT2D eigenvalue weighted by Crippen LogP contribution is 2.42. The fourth-order valence-electron chi connectivity index (χ4n) is 5.42. The molecule has 2 heterocycles. The molecule has 7 aromatic rings. The molecule has 0 radical (unpaired) electrons. The molecular weight excluding hydrogens is 542 g/mol. The zero-order valence-electron chi connectivity index (χ0n) is 23.7. The molecule has 44 heavy (non-hydrogen) atoms. The molecule has 0 spiro atoms. The maximum absolute atomic E-state index is 9.75. The molecular formula is C38H23N5O. The van der Waals surface area contributed by atoms with Gasteiger partial charge in [-0.15, -0.1) is 0 Å². The van der Waals surface area contributed by atoms with E-state index in [9.17, 15) is 10.5 Å². The van der Waals surface area contributed by atoms with E-state index in [0.29, 0.717) is 45.3 Å². The van der Waals surface area contributed by atoms with Crippen molar-refractivity contribution in [1.82, 2.24) is 15.0 Å². The maximum atomic E-state index is 9.75. The van der Waals surface area contributed by atoms with Gasteiger partial charge in [0.25, 0.3) is 0 Å². The Morgan fingerprint density at radius 1 is 0.636 bits per heavy atom. The summed E-state index contributed by atoms with van der Waals surface area (Å²) in [5.41, 5.74) is 7.75. The summed E-state index contributed by atoms with van der Waals surface area (Å²) in [5.74, 6) is 1.42. The number of furan rings is 1. The van der Waals surface area contributed by atoms with Gasteiger partial charge in [-0.05, 0) is 60.0 Å². The Morgan fingerprint density at radius 2 is 1.30 bits per heavy atom. The lowest BCUT2D eigenvalue weighted by molar-refractivity contribution is 0.669. The van der Waals surface area contributed by atoms with E-state index in [-0.39, 0.29) is 0 Å². The van der Waals surface area contributed by atoms with E-state index < -0.39 is 0 Å². The van der Waals surface area contributed by atoms with Crippen LogP contribution >= 0.6 is 0 Å². The third kappa shape index (κ3) is 4.67. The van der Waals surface area contributed by atoms with Crippen molar-refractivity contribution >= 4 is 27.5 Å². The van der Waals surface area contributed by atoms with Crippen molar-refractivity contribution in [3.63, 3.8) is 0 Å². The third-order valence-electron chi connectivity index (χ3n) is 7.55. The summed E-state index contributed by atoms with van der Waals surface area (Å²) in [6, 6.07) is 39.1. The highest BCUT2D eigenvalue weighted by molar-refractivity contribution is 6.12. The third-order valence-corrected chi connectivity index (χ3v) is 7.55. The fraction of sp³-hybridized carbons (Fsp3) is 0.0263. The minimum atomic E-state index is 0.382. The number of nitrogens with zero attached hydrogens (tertiary/aromatic N) is 5. The SMILES string of the molecule is C=C(C)c1cccc(-c2nc(-c3ccccc3)nc(-c3c(-c4cc(C#N)cc(C#N)c4)ccc4c3oc3ccccc34)n2)c1. The molecule has 0 amide bonds. The Kier molecular flexibility index (Phi) is 6.51. The van der Waals surface area contributed by atoms with Crippen molar-refractivity contribution in [2.75, 3.05) is 0 Å². The number of para-hydroxylation sites is 1. The largest absolute Gasteiger partial charge is 0.455 e. The van der Waals surface area contributed by atoms with E-state index in [1.54, 1.807) is 18.2 Å². The number of rotatable bonds is 5. The van der Waals surface area contributed by atoms with Crippen molar-refractivity contribution in [2.24, 2.45) is 0 Å². The van der Waals surface area contributed by atoms with Gasteiger partial charge >= 0.3 is 0 Å². The van der Waals surface area contributed by atoms with E-state index in [0.717, 1.165) is 44.2 Å². The zero-order valence-corrected chi connectivity index (χ0v) is 23.7. The van der Waals surface area contributed by atoms with Crippen LogP contribution in [-0.4, -0.2) is 15.0 Å². The summed E-state index contributed by atoms with van der Waals surface area (Å²) in [6.45, 7) is 6.07.